The summed E-state index contributed by atoms with van der Waals surface area (Å²) in [6, 6.07) is 3.58. The fourth-order valence-corrected chi connectivity index (χ4v) is 2.19. The minimum absolute atomic E-state index is 0.00852. The third kappa shape index (κ3) is 2.07. The molecule has 2 atom stereocenters. The van der Waals surface area contributed by atoms with Gasteiger partial charge in [0.2, 0.25) is 0 Å². The fourth-order valence-electron chi connectivity index (χ4n) is 2.19. The molecule has 2 heterocycles. The molecule has 4 nitrogen and oxygen atoms in total. The van der Waals surface area contributed by atoms with Crippen molar-refractivity contribution in [2.45, 2.75) is 31.9 Å². The largest absolute Gasteiger partial charge is 0.391 e. The Hall–Kier alpha value is -1.42. The molecule has 1 fully saturated rings. The topological polar surface area (TPSA) is 53.4 Å². The number of likely N-dealkylation sites (tertiary alicyclic amines) is 1. The lowest BCUT2D eigenvalue weighted by Gasteiger charge is -2.23. The van der Waals surface area contributed by atoms with Crippen molar-refractivity contribution in [1.82, 2.24) is 9.88 Å². The second kappa shape index (κ2) is 4.61. The highest BCUT2D eigenvalue weighted by Crippen LogP contribution is 2.22. The zero-order valence-corrected chi connectivity index (χ0v) is 9.34. The summed E-state index contributed by atoms with van der Waals surface area (Å²) in [5.74, 6) is -0.00852. The van der Waals surface area contributed by atoms with E-state index in [4.69, 9.17) is 0 Å². The van der Waals surface area contributed by atoms with Crippen LogP contribution < -0.4 is 0 Å². The van der Waals surface area contributed by atoms with E-state index in [9.17, 15) is 9.90 Å². The van der Waals surface area contributed by atoms with Crippen LogP contribution in [0, 0.1) is 0 Å². The number of pyridine rings is 1. The molecule has 1 N–H and O–H groups in total. The summed E-state index contributed by atoms with van der Waals surface area (Å²) in [7, 11) is 0. The van der Waals surface area contributed by atoms with Crippen molar-refractivity contribution in [3.63, 3.8) is 0 Å². The Bertz CT molecular complexity index is 367. The van der Waals surface area contributed by atoms with Gasteiger partial charge in [0.1, 0.15) is 0 Å². The maximum absolute atomic E-state index is 12.1. The van der Waals surface area contributed by atoms with Crippen molar-refractivity contribution in [2.24, 2.45) is 0 Å². The van der Waals surface area contributed by atoms with Crippen LogP contribution in [0.2, 0.25) is 0 Å². The van der Waals surface area contributed by atoms with Crippen molar-refractivity contribution in [1.29, 1.82) is 0 Å². The molecule has 1 aliphatic heterocycles. The first-order valence-corrected chi connectivity index (χ1v) is 5.61. The normalized spacial score (nSPS) is 24.8. The molecular weight excluding hydrogens is 204 g/mol. The summed E-state index contributed by atoms with van der Waals surface area (Å²) >= 11 is 0. The maximum Gasteiger partial charge on any atom is 0.254 e. The number of aromatic nitrogens is 1. The Morgan fingerprint density at radius 2 is 2.25 bits per heavy atom. The average Bonchev–Trinajstić information content (AvgIpc) is 2.70. The number of aliphatic hydroxyl groups excluding tert-OH is 1. The van der Waals surface area contributed by atoms with Crippen molar-refractivity contribution >= 4 is 5.91 Å². The number of nitrogens with zero attached hydrogens (tertiary/aromatic N) is 2. The van der Waals surface area contributed by atoms with Crippen molar-refractivity contribution < 1.29 is 9.90 Å². The lowest BCUT2D eigenvalue weighted by molar-refractivity contribution is 0.0714. The molecule has 0 spiro atoms. The van der Waals surface area contributed by atoms with Crippen molar-refractivity contribution in [3.8, 4) is 0 Å². The van der Waals surface area contributed by atoms with Crippen LogP contribution in [0.1, 0.15) is 30.1 Å². The molecule has 0 unspecified atom stereocenters. The maximum atomic E-state index is 12.1. The Kier molecular flexibility index (Phi) is 3.19. The van der Waals surface area contributed by atoms with Gasteiger partial charge in [-0.2, -0.15) is 0 Å². The van der Waals surface area contributed by atoms with Crippen LogP contribution in [-0.4, -0.2) is 39.6 Å². The Balaban J connectivity index is 2.16. The van der Waals surface area contributed by atoms with E-state index in [-0.39, 0.29) is 18.1 Å². The quantitative estimate of drug-likeness (QED) is 0.811. The minimum atomic E-state index is -0.379. The molecular formula is C12H16N2O2. The van der Waals surface area contributed by atoms with Gasteiger partial charge < -0.3 is 10.0 Å². The second-order valence-corrected chi connectivity index (χ2v) is 4.15. The van der Waals surface area contributed by atoms with Crippen molar-refractivity contribution in [3.05, 3.63) is 30.1 Å². The van der Waals surface area contributed by atoms with Crippen LogP contribution in [-0.2, 0) is 0 Å². The third-order valence-corrected chi connectivity index (χ3v) is 3.05. The first-order valence-electron chi connectivity index (χ1n) is 5.61. The number of carbonyl (C=O) groups excluding carboxylic acids is 1. The Labute approximate surface area is 94.9 Å². The zero-order valence-electron chi connectivity index (χ0n) is 9.34. The number of rotatable bonds is 2. The van der Waals surface area contributed by atoms with Crippen LogP contribution >= 0.6 is 0 Å². The van der Waals surface area contributed by atoms with E-state index in [0.29, 0.717) is 18.5 Å². The summed E-state index contributed by atoms with van der Waals surface area (Å²) in [5.41, 5.74) is 0.641. The molecule has 1 amide bonds. The van der Waals surface area contributed by atoms with Gasteiger partial charge in [0, 0.05) is 30.5 Å². The number of hydrogen-bond acceptors (Lipinski definition) is 3. The highest BCUT2D eigenvalue weighted by Gasteiger charge is 2.33. The van der Waals surface area contributed by atoms with Gasteiger partial charge in [-0.05, 0) is 25.0 Å². The molecule has 0 aromatic carbocycles. The van der Waals surface area contributed by atoms with Crippen LogP contribution in [0.4, 0.5) is 0 Å². The minimum Gasteiger partial charge on any atom is -0.391 e. The van der Waals surface area contributed by atoms with Crippen molar-refractivity contribution in [2.75, 3.05) is 6.54 Å². The van der Waals surface area contributed by atoms with E-state index in [0.717, 1.165) is 6.42 Å². The number of amides is 1. The summed E-state index contributed by atoms with van der Waals surface area (Å²) in [5, 5.41) is 9.59. The number of carbonyl (C=O) groups is 1. The van der Waals surface area contributed by atoms with Gasteiger partial charge in [0.05, 0.1) is 6.10 Å². The smallest absolute Gasteiger partial charge is 0.254 e. The van der Waals surface area contributed by atoms with Crippen LogP contribution in [0.3, 0.4) is 0 Å². The molecule has 1 aliphatic rings. The van der Waals surface area contributed by atoms with E-state index in [1.165, 1.54) is 0 Å². The Morgan fingerprint density at radius 3 is 2.88 bits per heavy atom. The summed E-state index contributed by atoms with van der Waals surface area (Å²) in [4.78, 5) is 17.8. The Morgan fingerprint density at radius 1 is 1.56 bits per heavy atom. The molecule has 1 aromatic heterocycles. The van der Waals surface area contributed by atoms with Gasteiger partial charge >= 0.3 is 0 Å². The average molecular weight is 220 g/mol. The molecule has 1 aromatic rings. The number of aliphatic hydroxyl groups is 1. The SMILES string of the molecule is CC[C@@H]1C[C@@H](O)CN1C(=O)c1ccncc1. The predicted molar refractivity (Wildman–Crippen MR) is 60.0 cm³/mol. The van der Waals surface area contributed by atoms with Gasteiger partial charge in [-0.15, -0.1) is 0 Å². The zero-order chi connectivity index (χ0) is 11.5. The van der Waals surface area contributed by atoms with Gasteiger partial charge in [0.15, 0.2) is 0 Å². The van der Waals surface area contributed by atoms with Gasteiger partial charge in [-0.25, -0.2) is 0 Å². The fraction of sp³-hybridized carbons (Fsp3) is 0.500. The lowest BCUT2D eigenvalue weighted by Crippen LogP contribution is -2.35. The molecule has 0 aliphatic carbocycles. The number of hydrogen-bond donors (Lipinski definition) is 1. The standard InChI is InChI=1S/C12H16N2O2/c1-2-10-7-11(15)8-14(10)12(16)9-3-5-13-6-4-9/h3-6,10-11,15H,2,7-8H2,1H3/t10-,11-/m1/s1. The van der Waals surface area contributed by atoms with E-state index in [1.54, 1.807) is 29.4 Å². The van der Waals surface area contributed by atoms with Crippen LogP contribution in [0.5, 0.6) is 0 Å². The molecule has 0 bridgehead atoms. The summed E-state index contributed by atoms with van der Waals surface area (Å²) in [6.45, 7) is 2.48. The first kappa shape index (κ1) is 11.1. The van der Waals surface area contributed by atoms with E-state index in [1.807, 2.05) is 6.92 Å². The third-order valence-electron chi connectivity index (χ3n) is 3.05. The van der Waals surface area contributed by atoms with Gasteiger partial charge in [0.25, 0.3) is 5.91 Å². The van der Waals surface area contributed by atoms with E-state index >= 15 is 0 Å². The molecule has 86 valence electrons. The van der Waals surface area contributed by atoms with E-state index in [2.05, 4.69) is 4.98 Å². The second-order valence-electron chi connectivity index (χ2n) is 4.15. The molecule has 0 saturated carbocycles. The van der Waals surface area contributed by atoms with Gasteiger partial charge in [-0.1, -0.05) is 6.92 Å². The highest BCUT2D eigenvalue weighted by atomic mass is 16.3. The lowest BCUT2D eigenvalue weighted by atomic mass is 10.1. The summed E-state index contributed by atoms with van der Waals surface area (Å²) in [6.07, 6.45) is 4.42. The predicted octanol–water partition coefficient (Wildman–Crippen LogP) is 1.07. The highest BCUT2D eigenvalue weighted by molar-refractivity contribution is 5.94. The number of β-amino-alcohol motifs (C(OH)–C–C–N with tert-alkyl or cyclic N) is 1. The monoisotopic (exact) mass is 220 g/mol. The molecule has 2 rings (SSSR count). The molecule has 16 heavy (non-hydrogen) atoms. The van der Waals surface area contributed by atoms with Crippen LogP contribution in [0.25, 0.3) is 0 Å². The molecule has 0 radical (unpaired) electrons. The van der Waals surface area contributed by atoms with Gasteiger partial charge in [-0.3, -0.25) is 9.78 Å². The molecule has 1 saturated heterocycles. The van der Waals surface area contributed by atoms with E-state index < -0.39 is 0 Å². The van der Waals surface area contributed by atoms with Crippen LogP contribution in [0.15, 0.2) is 24.5 Å². The first-order chi connectivity index (χ1) is 7.72. The summed E-state index contributed by atoms with van der Waals surface area (Å²) < 4.78 is 0. The molecule has 4 heteroatoms.